The number of alkyl halides is 3. The van der Waals surface area contributed by atoms with Gasteiger partial charge in [-0.05, 0) is 81.1 Å². The summed E-state index contributed by atoms with van der Waals surface area (Å²) in [6.45, 7) is 3.20. The summed E-state index contributed by atoms with van der Waals surface area (Å²) in [6, 6.07) is 9.90. The van der Waals surface area contributed by atoms with E-state index in [0.29, 0.717) is 56.6 Å². The van der Waals surface area contributed by atoms with E-state index in [1.165, 1.54) is 17.0 Å². The number of likely N-dealkylation sites (tertiary alicyclic amines) is 1. The maximum atomic E-state index is 14.3. The van der Waals surface area contributed by atoms with Crippen molar-refractivity contribution in [2.75, 3.05) is 75.2 Å². The molecular weight excluding hydrogens is 548 g/mol. The van der Waals surface area contributed by atoms with Crippen molar-refractivity contribution in [2.45, 2.75) is 50.4 Å². The minimum atomic E-state index is -4.37. The molecule has 4 bridgehead atoms. The number of halogens is 4. The molecule has 10 heteroatoms. The number of fused-ring (bicyclic) bond motifs is 4. The molecule has 3 atom stereocenters. The second-order valence-electron chi connectivity index (χ2n) is 11.5. The van der Waals surface area contributed by atoms with E-state index in [4.69, 9.17) is 9.47 Å². The van der Waals surface area contributed by atoms with Crippen molar-refractivity contribution in [3.8, 4) is 11.8 Å². The number of aryl methyl sites for hydroxylation is 1. The van der Waals surface area contributed by atoms with Gasteiger partial charge in [0.15, 0.2) is 0 Å². The van der Waals surface area contributed by atoms with E-state index in [1.54, 1.807) is 6.07 Å². The van der Waals surface area contributed by atoms with Gasteiger partial charge >= 0.3 is 6.18 Å². The fourth-order valence-electron chi connectivity index (χ4n) is 6.23. The van der Waals surface area contributed by atoms with Crippen LogP contribution < -0.4 is 15.5 Å². The number of nitrogens with one attached hydrogen (secondary N) is 2. The number of nitrogens with zero attached hydrogens (tertiary/aromatic N) is 2. The summed E-state index contributed by atoms with van der Waals surface area (Å²) in [6.07, 6.45) is -0.739. The molecule has 3 heterocycles. The molecule has 42 heavy (non-hydrogen) atoms. The number of ether oxygens (including phenoxy) is 2. The Balaban J connectivity index is 1.39. The normalized spacial score (nSPS) is 24.5. The topological polar surface area (TPSA) is 49.0 Å². The van der Waals surface area contributed by atoms with Crippen molar-refractivity contribution in [1.29, 1.82) is 0 Å². The average molecular weight is 589 g/mol. The van der Waals surface area contributed by atoms with Gasteiger partial charge in [-0.3, -0.25) is 0 Å². The van der Waals surface area contributed by atoms with E-state index in [2.05, 4.69) is 34.4 Å². The number of rotatable bonds is 1. The van der Waals surface area contributed by atoms with Crippen LogP contribution in [-0.2, 0) is 22.3 Å². The van der Waals surface area contributed by atoms with Crippen molar-refractivity contribution < 1.29 is 27.0 Å². The van der Waals surface area contributed by atoms with Crippen molar-refractivity contribution in [2.24, 2.45) is 5.92 Å². The second kappa shape index (κ2) is 14.0. The Labute approximate surface area is 245 Å². The highest BCUT2D eigenvalue weighted by Crippen LogP contribution is 2.39. The first kappa shape index (κ1) is 30.5. The smallest absolute Gasteiger partial charge is 0.382 e. The van der Waals surface area contributed by atoms with Crippen LogP contribution in [0.3, 0.4) is 0 Å². The van der Waals surface area contributed by atoms with Crippen LogP contribution in [0.15, 0.2) is 36.4 Å². The SMILES string of the molecule is CN1CCC2Nc3cccc4c3CC(C#CCNc3cc(F)cc(c3)CCCOCCOCCC2C1)N4CC(F)(F)F. The summed E-state index contributed by atoms with van der Waals surface area (Å²) in [5.74, 6) is 6.07. The predicted molar refractivity (Wildman–Crippen MR) is 158 cm³/mol. The number of hydrogen-bond acceptors (Lipinski definition) is 6. The van der Waals surface area contributed by atoms with E-state index >= 15 is 0 Å². The van der Waals surface area contributed by atoms with Crippen LogP contribution >= 0.6 is 0 Å². The Morgan fingerprint density at radius 2 is 1.88 bits per heavy atom. The van der Waals surface area contributed by atoms with Gasteiger partial charge in [0.05, 0.1) is 25.8 Å². The lowest BCUT2D eigenvalue weighted by Crippen LogP contribution is -2.45. The van der Waals surface area contributed by atoms with Crippen molar-refractivity contribution in [3.05, 3.63) is 53.3 Å². The fourth-order valence-corrected chi connectivity index (χ4v) is 6.23. The van der Waals surface area contributed by atoms with Crippen molar-refractivity contribution in [3.63, 3.8) is 0 Å². The zero-order chi connectivity index (χ0) is 29.5. The van der Waals surface area contributed by atoms with Crippen LogP contribution in [0.4, 0.5) is 34.6 Å². The molecule has 2 N–H and O–H groups in total. The van der Waals surface area contributed by atoms with E-state index in [9.17, 15) is 17.6 Å². The molecular formula is C32H40F4N4O2. The highest BCUT2D eigenvalue weighted by molar-refractivity contribution is 5.72. The number of hydrogen-bond donors (Lipinski definition) is 2. The van der Waals surface area contributed by atoms with E-state index in [0.717, 1.165) is 49.2 Å². The van der Waals surface area contributed by atoms with E-state index < -0.39 is 18.8 Å². The summed E-state index contributed by atoms with van der Waals surface area (Å²) >= 11 is 0. The second-order valence-corrected chi connectivity index (χ2v) is 11.5. The first-order valence-electron chi connectivity index (χ1n) is 14.8. The van der Waals surface area contributed by atoms with Crippen LogP contribution in [0.2, 0.25) is 0 Å². The van der Waals surface area contributed by atoms with Gasteiger partial charge in [-0.15, -0.1) is 0 Å². The lowest BCUT2D eigenvalue weighted by atomic mass is 9.89. The summed E-state index contributed by atoms with van der Waals surface area (Å²) in [4.78, 5) is 3.69. The van der Waals surface area contributed by atoms with Crippen LogP contribution in [0, 0.1) is 23.6 Å². The van der Waals surface area contributed by atoms with Gasteiger partial charge in [0.25, 0.3) is 0 Å². The largest absolute Gasteiger partial charge is 0.405 e. The molecule has 5 rings (SSSR count). The Kier molecular flexibility index (Phi) is 10.1. The molecule has 0 amide bonds. The van der Waals surface area contributed by atoms with Gasteiger partial charge < -0.3 is 29.9 Å². The molecule has 2 aromatic rings. The van der Waals surface area contributed by atoms with E-state index in [1.807, 2.05) is 18.2 Å². The molecule has 3 aliphatic heterocycles. The predicted octanol–water partition coefficient (Wildman–Crippen LogP) is 5.34. The molecule has 0 aliphatic carbocycles. The molecule has 3 aliphatic rings. The summed E-state index contributed by atoms with van der Waals surface area (Å²) in [5, 5.41) is 6.83. The molecule has 1 fully saturated rings. The van der Waals surface area contributed by atoms with Crippen LogP contribution in [0.5, 0.6) is 0 Å². The van der Waals surface area contributed by atoms with Gasteiger partial charge in [-0.25, -0.2) is 4.39 Å². The number of piperidine rings is 1. The molecule has 2 aromatic carbocycles. The maximum absolute atomic E-state index is 14.3. The molecule has 0 radical (unpaired) electrons. The Hall–Kier alpha value is -3.00. The molecule has 1 saturated heterocycles. The highest BCUT2D eigenvalue weighted by Gasteiger charge is 2.39. The first-order chi connectivity index (χ1) is 20.2. The maximum Gasteiger partial charge on any atom is 0.405 e. The molecule has 3 unspecified atom stereocenters. The Bertz CT molecular complexity index is 1260. The zero-order valence-electron chi connectivity index (χ0n) is 24.1. The van der Waals surface area contributed by atoms with E-state index in [-0.39, 0.29) is 18.4 Å². The number of anilines is 3. The van der Waals surface area contributed by atoms with Gasteiger partial charge in [-0.1, -0.05) is 17.9 Å². The van der Waals surface area contributed by atoms with Crippen molar-refractivity contribution in [1.82, 2.24) is 4.90 Å². The van der Waals surface area contributed by atoms with Gasteiger partial charge in [0, 0.05) is 54.8 Å². The quantitative estimate of drug-likeness (QED) is 0.347. The van der Waals surface area contributed by atoms with Crippen LogP contribution in [0.25, 0.3) is 0 Å². The van der Waals surface area contributed by atoms with Gasteiger partial charge in [0.1, 0.15) is 12.4 Å². The fraction of sp³-hybridized carbons (Fsp3) is 0.562. The third-order valence-electron chi connectivity index (χ3n) is 8.23. The standard InChI is InChI=1S/C32H40F4N4O2/c1-39-12-9-29-24(21-39)10-14-42-16-15-41-13-4-5-23-17-25(33)19-26(18-23)37-11-3-6-27-20-28-30(38-29)7-2-8-31(28)40(27)22-32(34,35)36/h2,7-8,17-19,24,27,29,37-38H,4-5,9-16,20-22H2,1H3. The molecule has 228 valence electrons. The highest BCUT2D eigenvalue weighted by atomic mass is 19.4. The summed E-state index contributed by atoms with van der Waals surface area (Å²) < 4.78 is 66.9. The Morgan fingerprint density at radius 3 is 2.71 bits per heavy atom. The zero-order valence-corrected chi connectivity index (χ0v) is 24.1. The number of benzene rings is 2. The van der Waals surface area contributed by atoms with Crippen LogP contribution in [0.1, 0.15) is 30.4 Å². The molecule has 0 spiro atoms. The van der Waals surface area contributed by atoms with Gasteiger partial charge in [0.2, 0.25) is 0 Å². The van der Waals surface area contributed by atoms with Crippen molar-refractivity contribution >= 4 is 17.1 Å². The summed E-state index contributed by atoms with van der Waals surface area (Å²) in [5.41, 5.74) is 3.75. The average Bonchev–Trinajstić information content (AvgIpc) is 3.27. The molecule has 0 aromatic heterocycles. The van der Waals surface area contributed by atoms with Crippen LogP contribution in [-0.4, -0.2) is 82.8 Å². The first-order valence-corrected chi connectivity index (χ1v) is 14.8. The monoisotopic (exact) mass is 588 g/mol. The molecule has 6 nitrogen and oxygen atoms in total. The minimum absolute atomic E-state index is 0.190. The summed E-state index contributed by atoms with van der Waals surface area (Å²) in [7, 11) is 2.12. The lowest BCUT2D eigenvalue weighted by Gasteiger charge is -2.38. The lowest BCUT2D eigenvalue weighted by molar-refractivity contribution is -0.120. The molecule has 0 saturated carbocycles. The minimum Gasteiger partial charge on any atom is -0.382 e. The van der Waals surface area contributed by atoms with Gasteiger partial charge in [-0.2, -0.15) is 13.2 Å². The third-order valence-corrected chi connectivity index (χ3v) is 8.23. The third kappa shape index (κ3) is 8.30. The Morgan fingerprint density at radius 1 is 1.05 bits per heavy atom.